The van der Waals surface area contributed by atoms with Crippen LogP contribution in [0.2, 0.25) is 0 Å². The molecule has 4 heteroatoms. The molecular formula is C17H15BrN2O. The molecule has 3 aromatic rings. The molecule has 0 aliphatic carbocycles. The van der Waals surface area contributed by atoms with E-state index < -0.39 is 0 Å². The van der Waals surface area contributed by atoms with Gasteiger partial charge in [0.05, 0.1) is 5.69 Å². The quantitative estimate of drug-likeness (QED) is 0.759. The van der Waals surface area contributed by atoms with Crippen LogP contribution in [0.4, 0.5) is 0 Å². The van der Waals surface area contributed by atoms with Crippen molar-refractivity contribution in [1.29, 1.82) is 0 Å². The SMILES string of the molecule is Cc1cc(Oc2nc(CN)cc3ccccc23)ccc1Br. The first-order chi connectivity index (χ1) is 10.2. The van der Waals surface area contributed by atoms with Crippen molar-refractivity contribution in [1.82, 2.24) is 4.98 Å². The lowest BCUT2D eigenvalue weighted by atomic mass is 10.1. The Balaban J connectivity index is 2.08. The van der Waals surface area contributed by atoms with Gasteiger partial charge in [-0.25, -0.2) is 4.98 Å². The third-order valence-electron chi connectivity index (χ3n) is 3.31. The summed E-state index contributed by atoms with van der Waals surface area (Å²) < 4.78 is 7.04. The fourth-order valence-electron chi connectivity index (χ4n) is 2.19. The van der Waals surface area contributed by atoms with Crippen molar-refractivity contribution in [2.45, 2.75) is 13.5 Å². The normalized spacial score (nSPS) is 10.8. The summed E-state index contributed by atoms with van der Waals surface area (Å²) in [5, 5.41) is 2.06. The zero-order chi connectivity index (χ0) is 14.8. The van der Waals surface area contributed by atoms with Gasteiger partial charge in [-0.3, -0.25) is 0 Å². The Kier molecular flexibility index (Phi) is 3.90. The first-order valence-electron chi connectivity index (χ1n) is 6.70. The topological polar surface area (TPSA) is 48.1 Å². The number of nitrogens with two attached hydrogens (primary N) is 1. The molecule has 21 heavy (non-hydrogen) atoms. The Morgan fingerprint density at radius 3 is 2.71 bits per heavy atom. The number of nitrogens with zero attached hydrogens (tertiary/aromatic N) is 1. The molecular weight excluding hydrogens is 328 g/mol. The molecule has 0 aliphatic heterocycles. The summed E-state index contributed by atoms with van der Waals surface area (Å²) in [7, 11) is 0. The van der Waals surface area contributed by atoms with Crippen LogP contribution in [0.3, 0.4) is 0 Å². The number of benzene rings is 2. The minimum absolute atomic E-state index is 0.389. The van der Waals surface area contributed by atoms with Crippen LogP contribution in [0.15, 0.2) is 53.0 Å². The highest BCUT2D eigenvalue weighted by molar-refractivity contribution is 9.10. The summed E-state index contributed by atoms with van der Waals surface area (Å²) in [5.74, 6) is 1.36. The van der Waals surface area contributed by atoms with Gasteiger partial charge in [-0.2, -0.15) is 0 Å². The van der Waals surface area contributed by atoms with Crippen LogP contribution >= 0.6 is 15.9 Å². The van der Waals surface area contributed by atoms with Crippen molar-refractivity contribution in [2.75, 3.05) is 0 Å². The lowest BCUT2D eigenvalue weighted by Gasteiger charge is -2.11. The molecule has 0 saturated heterocycles. The van der Waals surface area contributed by atoms with Crippen molar-refractivity contribution in [3.63, 3.8) is 0 Å². The summed E-state index contributed by atoms with van der Waals surface area (Å²) in [4.78, 5) is 4.51. The van der Waals surface area contributed by atoms with Crippen molar-refractivity contribution in [2.24, 2.45) is 5.73 Å². The zero-order valence-corrected chi connectivity index (χ0v) is 13.2. The number of hydrogen-bond donors (Lipinski definition) is 1. The molecule has 0 bridgehead atoms. The predicted octanol–water partition coefficient (Wildman–Crippen LogP) is 4.56. The summed E-state index contributed by atoms with van der Waals surface area (Å²) in [6, 6.07) is 15.9. The minimum Gasteiger partial charge on any atom is -0.438 e. The van der Waals surface area contributed by atoms with Gasteiger partial charge in [0.15, 0.2) is 0 Å². The van der Waals surface area contributed by atoms with Gasteiger partial charge in [0.25, 0.3) is 0 Å². The molecule has 0 unspecified atom stereocenters. The van der Waals surface area contributed by atoms with Gasteiger partial charge in [0.1, 0.15) is 5.75 Å². The molecule has 0 spiro atoms. The van der Waals surface area contributed by atoms with E-state index in [9.17, 15) is 0 Å². The van der Waals surface area contributed by atoms with Crippen LogP contribution in [0, 0.1) is 6.92 Å². The molecule has 2 aromatic carbocycles. The second-order valence-electron chi connectivity index (χ2n) is 4.86. The first kappa shape index (κ1) is 14.0. The Labute approximate surface area is 131 Å². The standard InChI is InChI=1S/C17H15BrN2O/c1-11-8-14(6-7-16(11)18)21-17-15-5-3-2-4-12(15)9-13(10-19)20-17/h2-9H,10,19H2,1H3. The van der Waals surface area contributed by atoms with E-state index in [1.807, 2.05) is 55.5 Å². The van der Waals surface area contributed by atoms with Crippen molar-refractivity contribution in [3.05, 3.63) is 64.3 Å². The van der Waals surface area contributed by atoms with Gasteiger partial charge in [0.2, 0.25) is 5.88 Å². The number of rotatable bonds is 3. The molecule has 106 valence electrons. The Morgan fingerprint density at radius 1 is 1.14 bits per heavy atom. The summed E-state index contributed by atoms with van der Waals surface area (Å²) in [5.41, 5.74) is 7.66. The number of ether oxygens (including phenoxy) is 1. The molecule has 3 rings (SSSR count). The maximum absolute atomic E-state index is 5.98. The van der Waals surface area contributed by atoms with Gasteiger partial charge in [-0.15, -0.1) is 0 Å². The highest BCUT2D eigenvalue weighted by Crippen LogP contribution is 2.30. The number of pyridine rings is 1. The van der Waals surface area contributed by atoms with E-state index in [1.54, 1.807) is 0 Å². The fourth-order valence-corrected chi connectivity index (χ4v) is 2.44. The van der Waals surface area contributed by atoms with Crippen molar-refractivity contribution < 1.29 is 4.74 Å². The second kappa shape index (κ2) is 5.84. The fraction of sp³-hybridized carbons (Fsp3) is 0.118. The van der Waals surface area contributed by atoms with Crippen LogP contribution < -0.4 is 10.5 Å². The second-order valence-corrected chi connectivity index (χ2v) is 5.71. The van der Waals surface area contributed by atoms with Crippen LogP contribution in [-0.4, -0.2) is 4.98 Å². The molecule has 3 nitrogen and oxygen atoms in total. The molecule has 0 radical (unpaired) electrons. The molecule has 1 aromatic heterocycles. The molecule has 0 aliphatic rings. The van der Waals surface area contributed by atoms with Gasteiger partial charge < -0.3 is 10.5 Å². The monoisotopic (exact) mass is 342 g/mol. The average molecular weight is 343 g/mol. The van der Waals surface area contributed by atoms with E-state index in [1.165, 1.54) is 0 Å². The highest BCUT2D eigenvalue weighted by atomic mass is 79.9. The van der Waals surface area contributed by atoms with Crippen molar-refractivity contribution in [3.8, 4) is 11.6 Å². The summed E-state index contributed by atoms with van der Waals surface area (Å²) >= 11 is 3.49. The van der Waals surface area contributed by atoms with E-state index in [4.69, 9.17) is 10.5 Å². The molecule has 0 amide bonds. The Morgan fingerprint density at radius 2 is 1.95 bits per heavy atom. The molecule has 1 heterocycles. The number of hydrogen-bond acceptors (Lipinski definition) is 3. The molecule has 2 N–H and O–H groups in total. The molecule has 0 saturated carbocycles. The number of fused-ring (bicyclic) bond motifs is 1. The third-order valence-corrected chi connectivity index (χ3v) is 4.20. The Bertz CT molecular complexity index is 802. The smallest absolute Gasteiger partial charge is 0.227 e. The van der Waals surface area contributed by atoms with Crippen molar-refractivity contribution >= 4 is 26.7 Å². The van der Waals surface area contributed by atoms with Crippen LogP contribution in [0.25, 0.3) is 10.8 Å². The zero-order valence-electron chi connectivity index (χ0n) is 11.6. The highest BCUT2D eigenvalue weighted by Gasteiger charge is 2.08. The largest absolute Gasteiger partial charge is 0.438 e. The maximum atomic E-state index is 5.98. The van der Waals surface area contributed by atoms with E-state index in [-0.39, 0.29) is 0 Å². The third kappa shape index (κ3) is 2.91. The lowest BCUT2D eigenvalue weighted by molar-refractivity contribution is 0.466. The average Bonchev–Trinajstić information content (AvgIpc) is 2.51. The van der Waals surface area contributed by atoms with E-state index in [0.29, 0.717) is 12.4 Å². The van der Waals surface area contributed by atoms with Gasteiger partial charge in [-0.1, -0.05) is 34.1 Å². The number of aromatic nitrogens is 1. The minimum atomic E-state index is 0.389. The molecule has 0 atom stereocenters. The van der Waals surface area contributed by atoms with Crippen LogP contribution in [0.5, 0.6) is 11.6 Å². The van der Waals surface area contributed by atoms with Gasteiger partial charge >= 0.3 is 0 Å². The number of halogens is 1. The first-order valence-corrected chi connectivity index (χ1v) is 7.49. The van der Waals surface area contributed by atoms with Gasteiger partial charge in [-0.05, 0) is 48.2 Å². The Hall–Kier alpha value is -1.91. The summed E-state index contributed by atoms with van der Waals surface area (Å²) in [6.45, 7) is 2.42. The maximum Gasteiger partial charge on any atom is 0.227 e. The predicted molar refractivity (Wildman–Crippen MR) is 88.6 cm³/mol. The van der Waals surface area contributed by atoms with Crippen LogP contribution in [-0.2, 0) is 6.54 Å². The van der Waals surface area contributed by atoms with Gasteiger partial charge in [0, 0.05) is 16.4 Å². The van der Waals surface area contributed by atoms with Crippen LogP contribution in [0.1, 0.15) is 11.3 Å². The van der Waals surface area contributed by atoms with E-state index >= 15 is 0 Å². The molecule has 0 fully saturated rings. The van der Waals surface area contributed by atoms with E-state index in [0.717, 1.165) is 32.3 Å². The summed E-state index contributed by atoms with van der Waals surface area (Å²) in [6.07, 6.45) is 0. The van der Waals surface area contributed by atoms with E-state index in [2.05, 4.69) is 20.9 Å². The number of aryl methyl sites for hydroxylation is 1. The lowest BCUT2D eigenvalue weighted by Crippen LogP contribution is -2.01.